The van der Waals surface area contributed by atoms with Crippen molar-refractivity contribution in [3.63, 3.8) is 0 Å². The quantitative estimate of drug-likeness (QED) is 0.395. The minimum Gasteiger partial charge on any atom is -0.491 e. The van der Waals surface area contributed by atoms with E-state index >= 15 is 0 Å². The number of methoxy groups -OCH3 is 2. The van der Waals surface area contributed by atoms with Gasteiger partial charge in [0.15, 0.2) is 5.75 Å². The van der Waals surface area contributed by atoms with Crippen LogP contribution in [0.5, 0.6) is 11.6 Å². The fraction of sp³-hybridized carbons (Fsp3) is 0.240. The monoisotopic (exact) mass is 476 g/mol. The number of ether oxygens (including phenoxy) is 2. The molecular formula is C25H25FN6O3. The van der Waals surface area contributed by atoms with Gasteiger partial charge >= 0.3 is 0 Å². The number of carbonyl (C=O) groups is 1. The molecule has 2 N–H and O–H groups in total. The van der Waals surface area contributed by atoms with Gasteiger partial charge in [0, 0.05) is 48.9 Å². The van der Waals surface area contributed by atoms with Crippen LogP contribution in [0.3, 0.4) is 0 Å². The summed E-state index contributed by atoms with van der Waals surface area (Å²) >= 11 is 0. The van der Waals surface area contributed by atoms with E-state index in [0.717, 1.165) is 11.1 Å². The number of hydrogen-bond donors (Lipinski definition) is 2. The lowest BCUT2D eigenvalue weighted by atomic mass is 9.95. The first kappa shape index (κ1) is 23.8. The van der Waals surface area contributed by atoms with Crippen molar-refractivity contribution in [1.29, 1.82) is 0 Å². The van der Waals surface area contributed by atoms with Gasteiger partial charge in [-0.05, 0) is 23.8 Å². The summed E-state index contributed by atoms with van der Waals surface area (Å²) in [5, 5.41) is 6.06. The molecule has 10 heteroatoms. The van der Waals surface area contributed by atoms with Crippen molar-refractivity contribution in [2.75, 3.05) is 33.1 Å². The number of benzene rings is 1. The van der Waals surface area contributed by atoms with Crippen LogP contribution in [0.1, 0.15) is 28.8 Å². The maximum atomic E-state index is 14.7. The first-order valence-electron chi connectivity index (χ1n) is 10.9. The minimum absolute atomic E-state index is 0.0632. The number of hydrogen-bond acceptors (Lipinski definition) is 8. The number of amides is 1. The second-order valence-corrected chi connectivity index (χ2v) is 7.80. The Morgan fingerprint density at radius 2 is 1.91 bits per heavy atom. The predicted molar refractivity (Wildman–Crippen MR) is 130 cm³/mol. The number of carbonyl (C=O) groups excluding carboxylic acids is 1. The lowest BCUT2D eigenvalue weighted by Gasteiger charge is -2.17. The highest BCUT2D eigenvalue weighted by Gasteiger charge is 2.19. The summed E-state index contributed by atoms with van der Waals surface area (Å²) < 4.78 is 25.2. The van der Waals surface area contributed by atoms with E-state index < -0.39 is 5.82 Å². The molecule has 180 valence electrons. The van der Waals surface area contributed by atoms with Crippen LogP contribution in [0.25, 0.3) is 22.2 Å². The fourth-order valence-corrected chi connectivity index (χ4v) is 3.82. The third-order valence-electron chi connectivity index (χ3n) is 5.66. The SMILES string of the molecule is CNC(=O)c1ccnc2c([C@H](C)CNc3cc(-c4cnc(OC)c(OC)c4)ncn3)ccc(F)c12. The Kier molecular flexibility index (Phi) is 7.00. The smallest absolute Gasteiger partial charge is 0.256 e. The summed E-state index contributed by atoms with van der Waals surface area (Å²) in [6.07, 6.45) is 4.63. The number of anilines is 1. The number of nitrogens with one attached hydrogen (secondary N) is 2. The van der Waals surface area contributed by atoms with Crippen LogP contribution in [0.4, 0.5) is 10.2 Å². The van der Waals surface area contributed by atoms with Crippen molar-refractivity contribution in [1.82, 2.24) is 25.3 Å². The summed E-state index contributed by atoms with van der Waals surface area (Å²) in [7, 11) is 4.58. The Hall–Kier alpha value is -4.34. The van der Waals surface area contributed by atoms with Gasteiger partial charge in [-0.1, -0.05) is 13.0 Å². The Bertz CT molecular complexity index is 1380. The fourth-order valence-electron chi connectivity index (χ4n) is 3.82. The van der Waals surface area contributed by atoms with Gasteiger partial charge in [0.25, 0.3) is 11.8 Å². The average molecular weight is 477 g/mol. The molecule has 3 heterocycles. The van der Waals surface area contributed by atoms with Crippen LogP contribution >= 0.6 is 0 Å². The molecule has 4 aromatic rings. The Morgan fingerprint density at radius 1 is 1.09 bits per heavy atom. The molecule has 0 spiro atoms. The van der Waals surface area contributed by atoms with E-state index in [1.165, 1.54) is 38.8 Å². The van der Waals surface area contributed by atoms with Crippen molar-refractivity contribution in [2.45, 2.75) is 12.8 Å². The molecule has 9 nitrogen and oxygen atoms in total. The van der Waals surface area contributed by atoms with Crippen LogP contribution < -0.4 is 20.1 Å². The van der Waals surface area contributed by atoms with E-state index in [2.05, 4.69) is 30.6 Å². The molecule has 0 saturated carbocycles. The molecule has 0 aliphatic heterocycles. The largest absolute Gasteiger partial charge is 0.491 e. The predicted octanol–water partition coefficient (Wildman–Crippen LogP) is 3.82. The third-order valence-corrected chi connectivity index (χ3v) is 5.66. The van der Waals surface area contributed by atoms with Gasteiger partial charge < -0.3 is 20.1 Å². The van der Waals surface area contributed by atoms with Gasteiger partial charge in [0.1, 0.15) is 18.0 Å². The number of nitrogens with zero attached hydrogens (tertiary/aromatic N) is 4. The normalized spacial score (nSPS) is 11.7. The maximum Gasteiger partial charge on any atom is 0.256 e. The van der Waals surface area contributed by atoms with Crippen molar-refractivity contribution < 1.29 is 18.7 Å². The van der Waals surface area contributed by atoms with Gasteiger partial charge in [0.2, 0.25) is 0 Å². The molecule has 1 atom stereocenters. The molecule has 0 aliphatic rings. The highest BCUT2D eigenvalue weighted by Crippen LogP contribution is 2.31. The molecule has 0 fully saturated rings. The molecule has 0 aliphatic carbocycles. The van der Waals surface area contributed by atoms with Gasteiger partial charge in [-0.3, -0.25) is 9.78 Å². The first-order chi connectivity index (χ1) is 17.0. The van der Waals surface area contributed by atoms with E-state index in [0.29, 0.717) is 35.2 Å². The topological polar surface area (TPSA) is 111 Å². The number of fused-ring (bicyclic) bond motifs is 1. The Labute approximate surface area is 201 Å². The van der Waals surface area contributed by atoms with Gasteiger partial charge in [0.05, 0.1) is 31.0 Å². The van der Waals surface area contributed by atoms with Crippen LogP contribution in [-0.2, 0) is 0 Å². The van der Waals surface area contributed by atoms with Crippen LogP contribution in [0.2, 0.25) is 0 Å². The van der Waals surface area contributed by atoms with Crippen molar-refractivity contribution in [3.8, 4) is 22.9 Å². The summed E-state index contributed by atoms with van der Waals surface area (Å²) in [6.45, 7) is 2.49. The second-order valence-electron chi connectivity index (χ2n) is 7.80. The molecule has 1 aromatic carbocycles. The number of aromatic nitrogens is 4. The van der Waals surface area contributed by atoms with Crippen molar-refractivity contribution >= 4 is 22.6 Å². The van der Waals surface area contributed by atoms with E-state index in [4.69, 9.17) is 9.47 Å². The second kappa shape index (κ2) is 10.3. The van der Waals surface area contributed by atoms with Crippen LogP contribution in [0.15, 0.2) is 49.1 Å². The van der Waals surface area contributed by atoms with E-state index in [-0.39, 0.29) is 22.8 Å². The Morgan fingerprint density at radius 3 is 2.66 bits per heavy atom. The highest BCUT2D eigenvalue weighted by atomic mass is 19.1. The molecule has 4 rings (SSSR count). The average Bonchev–Trinajstić information content (AvgIpc) is 2.90. The lowest BCUT2D eigenvalue weighted by Crippen LogP contribution is -2.19. The summed E-state index contributed by atoms with van der Waals surface area (Å²) in [4.78, 5) is 29.5. The molecule has 0 unspecified atom stereocenters. The third kappa shape index (κ3) is 4.81. The maximum absolute atomic E-state index is 14.7. The standard InChI is InChI=1S/C25H25FN6O3/c1-14(16-5-6-18(26)22-17(24(33)27-2)7-8-28-23(16)22)11-29-21-10-19(31-13-32-21)15-9-20(34-3)25(35-4)30-12-15/h5-10,12-14H,11H2,1-4H3,(H,27,33)(H,29,31,32)/t14-/m1/s1. The minimum atomic E-state index is -0.486. The Balaban J connectivity index is 1.58. The number of rotatable bonds is 8. The zero-order valence-electron chi connectivity index (χ0n) is 19.8. The van der Waals surface area contributed by atoms with E-state index in [1.54, 1.807) is 31.5 Å². The van der Waals surface area contributed by atoms with Crippen LogP contribution in [-0.4, -0.2) is 53.7 Å². The lowest BCUT2D eigenvalue weighted by molar-refractivity contribution is 0.0964. The van der Waals surface area contributed by atoms with E-state index in [1.807, 2.05) is 6.92 Å². The molecule has 0 radical (unpaired) electrons. The summed E-state index contributed by atoms with van der Waals surface area (Å²) in [5.74, 6) is 0.585. The summed E-state index contributed by atoms with van der Waals surface area (Å²) in [5.41, 5.74) is 2.93. The number of halogens is 1. The van der Waals surface area contributed by atoms with Crippen molar-refractivity contribution in [3.05, 3.63) is 66.0 Å². The first-order valence-corrected chi connectivity index (χ1v) is 10.9. The van der Waals surface area contributed by atoms with Gasteiger partial charge in [-0.2, -0.15) is 0 Å². The van der Waals surface area contributed by atoms with Gasteiger partial charge in [-0.25, -0.2) is 19.3 Å². The van der Waals surface area contributed by atoms with Crippen molar-refractivity contribution in [2.24, 2.45) is 0 Å². The van der Waals surface area contributed by atoms with Crippen LogP contribution in [0, 0.1) is 5.82 Å². The zero-order valence-corrected chi connectivity index (χ0v) is 19.8. The van der Waals surface area contributed by atoms with Gasteiger partial charge in [-0.15, -0.1) is 0 Å². The molecule has 35 heavy (non-hydrogen) atoms. The van der Waals surface area contributed by atoms with E-state index in [9.17, 15) is 9.18 Å². The molecule has 3 aromatic heterocycles. The molecular weight excluding hydrogens is 451 g/mol. The zero-order chi connectivity index (χ0) is 24.9. The highest BCUT2D eigenvalue weighted by molar-refractivity contribution is 6.06. The molecule has 0 bridgehead atoms. The molecule has 0 saturated heterocycles. The summed E-state index contributed by atoms with van der Waals surface area (Å²) in [6, 6.07) is 8.18. The molecule has 1 amide bonds. The number of pyridine rings is 2.